The minimum atomic E-state index is -0.154. The van der Waals surface area contributed by atoms with E-state index in [0.29, 0.717) is 17.5 Å². The van der Waals surface area contributed by atoms with Gasteiger partial charge < -0.3 is 19.5 Å². The molecule has 0 aliphatic carbocycles. The average molecular weight is 391 g/mol. The van der Waals surface area contributed by atoms with E-state index in [9.17, 15) is 9.59 Å². The van der Waals surface area contributed by atoms with Crippen LogP contribution in [-0.2, 0) is 16.6 Å². The van der Waals surface area contributed by atoms with Crippen LogP contribution >= 0.6 is 11.8 Å². The molecule has 0 bridgehead atoms. The van der Waals surface area contributed by atoms with Gasteiger partial charge in [-0.25, -0.2) is 0 Å². The molecule has 8 nitrogen and oxygen atoms in total. The van der Waals surface area contributed by atoms with Crippen LogP contribution in [0.15, 0.2) is 29.4 Å². The Bertz CT molecular complexity index is 776. The van der Waals surface area contributed by atoms with Gasteiger partial charge in [0.2, 0.25) is 11.8 Å². The van der Waals surface area contributed by atoms with E-state index in [2.05, 4.69) is 15.5 Å². The zero-order valence-corrected chi connectivity index (χ0v) is 16.9. The Morgan fingerprint density at radius 3 is 2.59 bits per heavy atom. The van der Waals surface area contributed by atoms with Crippen molar-refractivity contribution in [3.8, 4) is 17.1 Å². The predicted molar refractivity (Wildman–Crippen MR) is 105 cm³/mol. The Balaban J connectivity index is 1.93. The Morgan fingerprint density at radius 1 is 1.26 bits per heavy atom. The second kappa shape index (κ2) is 9.96. The summed E-state index contributed by atoms with van der Waals surface area (Å²) in [7, 11) is 5.09. The lowest BCUT2D eigenvalue weighted by atomic mass is 10.2. The van der Waals surface area contributed by atoms with E-state index in [1.165, 1.54) is 16.7 Å². The molecule has 146 valence electrons. The monoisotopic (exact) mass is 391 g/mol. The predicted octanol–water partition coefficient (Wildman–Crippen LogP) is 1.57. The third kappa shape index (κ3) is 5.72. The molecule has 0 aliphatic rings. The van der Waals surface area contributed by atoms with Crippen LogP contribution in [0.5, 0.6) is 5.75 Å². The van der Waals surface area contributed by atoms with Gasteiger partial charge in [0, 0.05) is 26.2 Å². The van der Waals surface area contributed by atoms with Crippen LogP contribution in [0.1, 0.15) is 13.3 Å². The van der Waals surface area contributed by atoms with E-state index in [1.807, 2.05) is 42.8 Å². The summed E-state index contributed by atoms with van der Waals surface area (Å²) in [5.41, 5.74) is 0.911. The first-order valence-electron chi connectivity index (χ1n) is 8.63. The zero-order chi connectivity index (χ0) is 19.8. The molecule has 0 fully saturated rings. The number of carbonyl (C=O) groups is 2. The van der Waals surface area contributed by atoms with Crippen molar-refractivity contribution in [1.29, 1.82) is 0 Å². The molecular weight excluding hydrogens is 366 g/mol. The number of rotatable bonds is 9. The Labute approximate surface area is 163 Å². The van der Waals surface area contributed by atoms with Crippen LogP contribution in [0.3, 0.4) is 0 Å². The lowest BCUT2D eigenvalue weighted by Crippen LogP contribution is -2.39. The summed E-state index contributed by atoms with van der Waals surface area (Å²) in [5.74, 6) is 1.37. The van der Waals surface area contributed by atoms with Gasteiger partial charge in [-0.3, -0.25) is 9.59 Å². The number of ether oxygens (including phenoxy) is 1. The SMILES string of the molecule is CCCNC(=O)CN(C)C(=O)CSc1nnc(-c2ccc(OC)cc2)n1C. The highest BCUT2D eigenvalue weighted by molar-refractivity contribution is 7.99. The van der Waals surface area contributed by atoms with E-state index in [4.69, 9.17) is 4.74 Å². The average Bonchev–Trinajstić information content (AvgIpc) is 3.04. The Kier molecular flexibility index (Phi) is 7.66. The summed E-state index contributed by atoms with van der Waals surface area (Å²) >= 11 is 1.29. The maximum absolute atomic E-state index is 12.2. The van der Waals surface area contributed by atoms with Crippen LogP contribution in [0.2, 0.25) is 0 Å². The number of hydrogen-bond acceptors (Lipinski definition) is 6. The number of aromatic nitrogens is 3. The first-order chi connectivity index (χ1) is 13.0. The van der Waals surface area contributed by atoms with Crippen LogP contribution in [0.4, 0.5) is 0 Å². The smallest absolute Gasteiger partial charge is 0.239 e. The molecule has 27 heavy (non-hydrogen) atoms. The molecule has 0 atom stereocenters. The van der Waals surface area contributed by atoms with E-state index in [-0.39, 0.29) is 24.1 Å². The molecule has 9 heteroatoms. The van der Waals surface area contributed by atoms with Crippen molar-refractivity contribution < 1.29 is 14.3 Å². The van der Waals surface area contributed by atoms with Crippen molar-refractivity contribution in [2.24, 2.45) is 7.05 Å². The second-order valence-electron chi connectivity index (χ2n) is 5.98. The molecule has 1 aromatic heterocycles. The van der Waals surface area contributed by atoms with Gasteiger partial charge in [-0.1, -0.05) is 18.7 Å². The van der Waals surface area contributed by atoms with Crippen LogP contribution in [-0.4, -0.2) is 64.5 Å². The summed E-state index contributed by atoms with van der Waals surface area (Å²) in [4.78, 5) is 25.4. The zero-order valence-electron chi connectivity index (χ0n) is 16.1. The highest BCUT2D eigenvalue weighted by atomic mass is 32.2. The van der Waals surface area contributed by atoms with Gasteiger partial charge >= 0.3 is 0 Å². The molecule has 0 unspecified atom stereocenters. The van der Waals surface area contributed by atoms with Crippen molar-refractivity contribution in [1.82, 2.24) is 25.0 Å². The van der Waals surface area contributed by atoms with Crippen molar-refractivity contribution in [3.05, 3.63) is 24.3 Å². The molecule has 2 amide bonds. The normalized spacial score (nSPS) is 10.5. The number of benzene rings is 1. The lowest BCUT2D eigenvalue weighted by Gasteiger charge is -2.16. The highest BCUT2D eigenvalue weighted by Crippen LogP contribution is 2.24. The van der Waals surface area contributed by atoms with Gasteiger partial charge in [-0.2, -0.15) is 0 Å². The summed E-state index contributed by atoms with van der Waals surface area (Å²) in [6, 6.07) is 7.54. The summed E-state index contributed by atoms with van der Waals surface area (Å²) < 4.78 is 7.00. The quantitative estimate of drug-likeness (QED) is 0.653. The molecular formula is C18H25N5O3S. The van der Waals surface area contributed by atoms with Gasteiger partial charge in [-0.15, -0.1) is 10.2 Å². The second-order valence-corrected chi connectivity index (χ2v) is 6.92. The number of carbonyl (C=O) groups excluding carboxylic acids is 2. The van der Waals surface area contributed by atoms with Crippen molar-refractivity contribution >= 4 is 23.6 Å². The number of amides is 2. The highest BCUT2D eigenvalue weighted by Gasteiger charge is 2.16. The molecule has 1 heterocycles. The number of methoxy groups -OCH3 is 1. The van der Waals surface area contributed by atoms with Gasteiger partial charge in [0.15, 0.2) is 11.0 Å². The van der Waals surface area contributed by atoms with E-state index in [0.717, 1.165) is 17.7 Å². The Morgan fingerprint density at radius 2 is 1.96 bits per heavy atom. The minimum Gasteiger partial charge on any atom is -0.497 e. The molecule has 0 saturated carbocycles. The topological polar surface area (TPSA) is 89.3 Å². The first-order valence-corrected chi connectivity index (χ1v) is 9.62. The number of likely N-dealkylation sites (N-methyl/N-ethyl adjacent to an activating group) is 1. The maximum atomic E-state index is 12.2. The number of thioether (sulfide) groups is 1. The fourth-order valence-corrected chi connectivity index (χ4v) is 3.14. The summed E-state index contributed by atoms with van der Waals surface area (Å²) in [5, 5.41) is 11.8. The molecule has 2 rings (SSSR count). The fourth-order valence-electron chi connectivity index (χ4n) is 2.29. The Hall–Kier alpha value is -2.55. The number of hydrogen-bond donors (Lipinski definition) is 1. The number of nitrogens with one attached hydrogen (secondary N) is 1. The molecule has 1 aromatic carbocycles. The van der Waals surface area contributed by atoms with Gasteiger partial charge in [0.05, 0.1) is 19.4 Å². The van der Waals surface area contributed by atoms with E-state index >= 15 is 0 Å². The van der Waals surface area contributed by atoms with Crippen molar-refractivity contribution in [2.75, 3.05) is 33.0 Å². The van der Waals surface area contributed by atoms with Crippen LogP contribution in [0.25, 0.3) is 11.4 Å². The molecule has 0 radical (unpaired) electrons. The molecule has 1 N–H and O–H groups in total. The first kappa shape index (κ1) is 20.8. The standard InChI is InChI=1S/C18H25N5O3S/c1-5-10-19-15(24)11-22(2)16(25)12-27-18-21-20-17(23(18)3)13-6-8-14(26-4)9-7-13/h6-9H,5,10-12H2,1-4H3,(H,19,24). The van der Waals surface area contributed by atoms with Crippen molar-refractivity contribution in [2.45, 2.75) is 18.5 Å². The van der Waals surface area contributed by atoms with Gasteiger partial charge in [0.25, 0.3) is 0 Å². The third-order valence-corrected chi connectivity index (χ3v) is 4.89. The van der Waals surface area contributed by atoms with Gasteiger partial charge in [0.1, 0.15) is 5.75 Å². The fraction of sp³-hybridized carbons (Fsp3) is 0.444. The maximum Gasteiger partial charge on any atom is 0.239 e. The van der Waals surface area contributed by atoms with Crippen molar-refractivity contribution in [3.63, 3.8) is 0 Å². The molecule has 0 saturated heterocycles. The largest absolute Gasteiger partial charge is 0.497 e. The van der Waals surface area contributed by atoms with Gasteiger partial charge in [-0.05, 0) is 30.7 Å². The minimum absolute atomic E-state index is 0.0509. The van der Waals surface area contributed by atoms with E-state index in [1.54, 1.807) is 14.2 Å². The van der Waals surface area contributed by atoms with Crippen LogP contribution < -0.4 is 10.1 Å². The van der Waals surface area contributed by atoms with E-state index < -0.39 is 0 Å². The molecule has 0 aliphatic heterocycles. The molecule has 2 aromatic rings. The van der Waals surface area contributed by atoms with Crippen LogP contribution in [0, 0.1) is 0 Å². The summed E-state index contributed by atoms with van der Waals surface area (Å²) in [6.07, 6.45) is 0.863. The molecule has 0 spiro atoms. The number of nitrogens with zero attached hydrogens (tertiary/aromatic N) is 4. The lowest BCUT2D eigenvalue weighted by molar-refractivity contribution is -0.132. The summed E-state index contributed by atoms with van der Waals surface area (Å²) in [6.45, 7) is 2.64. The third-order valence-electron chi connectivity index (χ3n) is 3.89.